The molecule has 250 valence electrons. The van der Waals surface area contributed by atoms with Gasteiger partial charge in [0.2, 0.25) is 0 Å². The number of aliphatic hydroxyl groups excluding tert-OH is 1. The molecule has 1 N–H and O–H groups in total. The Labute approximate surface area is 263 Å². The highest BCUT2D eigenvalue weighted by molar-refractivity contribution is 5.66. The number of ether oxygens (including phenoxy) is 2. The molecule has 0 bridgehead atoms. The van der Waals surface area contributed by atoms with Crippen LogP contribution in [0.2, 0.25) is 0 Å². The zero-order chi connectivity index (χ0) is 30.9. The standard InChI is InChI=1S/2C12H21NO2.C10H19NO.CH4/c2*1-9(14)15-11-7-10-5-4-6-13(10)12(2,3)8-11;1-10(2)7-9(12)6-8-4-3-5-11(8)10;/h2*10-11H,4-8H2,1-3H3;8-9,12H,3-7H2,1-2H3;1H4/t2*10-,11-;;/m10../s1. The summed E-state index contributed by atoms with van der Waals surface area (Å²) in [6, 6.07) is 1.94. The van der Waals surface area contributed by atoms with Crippen LogP contribution in [0.25, 0.3) is 0 Å². The van der Waals surface area contributed by atoms with E-state index in [9.17, 15) is 14.7 Å². The smallest absolute Gasteiger partial charge is 0.302 e. The molecule has 43 heavy (non-hydrogen) atoms. The first-order valence-electron chi connectivity index (χ1n) is 16.9. The first-order chi connectivity index (χ1) is 19.6. The van der Waals surface area contributed by atoms with Crippen LogP contribution in [0.3, 0.4) is 0 Å². The summed E-state index contributed by atoms with van der Waals surface area (Å²) in [5.41, 5.74) is 0.623. The van der Waals surface area contributed by atoms with Gasteiger partial charge in [0.05, 0.1) is 6.10 Å². The number of hydrogen-bond donors (Lipinski definition) is 1. The minimum Gasteiger partial charge on any atom is -0.462 e. The summed E-state index contributed by atoms with van der Waals surface area (Å²) < 4.78 is 10.7. The lowest BCUT2D eigenvalue weighted by molar-refractivity contribution is -0.153. The monoisotopic (exact) mass is 607 g/mol. The summed E-state index contributed by atoms with van der Waals surface area (Å²) in [5, 5.41) is 9.67. The van der Waals surface area contributed by atoms with Crippen molar-refractivity contribution in [1.29, 1.82) is 0 Å². The summed E-state index contributed by atoms with van der Waals surface area (Å²) in [5.74, 6) is -0.274. The molecule has 0 aromatic rings. The van der Waals surface area contributed by atoms with E-state index in [2.05, 4.69) is 56.2 Å². The average Bonchev–Trinajstić information content (AvgIpc) is 3.58. The predicted octanol–water partition coefficient (Wildman–Crippen LogP) is 5.93. The van der Waals surface area contributed by atoms with Crippen LogP contribution in [0.4, 0.5) is 0 Å². The third-order valence-electron chi connectivity index (χ3n) is 10.9. The minimum atomic E-state index is -0.137. The number of fused-ring (bicyclic) bond motifs is 3. The van der Waals surface area contributed by atoms with Gasteiger partial charge in [-0.05, 0) is 113 Å². The first-order valence-corrected chi connectivity index (χ1v) is 16.9. The van der Waals surface area contributed by atoms with Crippen LogP contribution in [0.5, 0.6) is 0 Å². The fraction of sp³-hybridized carbons (Fsp3) is 0.943. The van der Waals surface area contributed by atoms with Gasteiger partial charge in [-0.25, -0.2) is 0 Å². The Morgan fingerprint density at radius 2 is 0.930 bits per heavy atom. The van der Waals surface area contributed by atoms with Gasteiger partial charge < -0.3 is 14.6 Å². The molecular weight excluding hydrogens is 542 g/mol. The molecule has 6 fully saturated rings. The van der Waals surface area contributed by atoms with Crippen molar-refractivity contribution in [3.8, 4) is 0 Å². The van der Waals surface area contributed by atoms with Crippen molar-refractivity contribution < 1.29 is 24.2 Å². The third kappa shape index (κ3) is 9.17. The van der Waals surface area contributed by atoms with Crippen LogP contribution in [0.1, 0.15) is 140 Å². The molecule has 6 atom stereocenters. The maximum Gasteiger partial charge on any atom is 0.302 e. The molecule has 2 unspecified atom stereocenters. The van der Waals surface area contributed by atoms with E-state index in [0.29, 0.717) is 18.1 Å². The Morgan fingerprint density at radius 3 is 1.28 bits per heavy atom. The van der Waals surface area contributed by atoms with Crippen molar-refractivity contribution in [3.63, 3.8) is 0 Å². The zero-order valence-electron chi connectivity index (χ0n) is 28.0. The number of aliphatic hydroxyl groups is 1. The summed E-state index contributed by atoms with van der Waals surface area (Å²) in [7, 11) is 0. The van der Waals surface area contributed by atoms with Crippen LogP contribution in [0.15, 0.2) is 0 Å². The number of carbonyl (C=O) groups excluding carboxylic acids is 2. The van der Waals surface area contributed by atoms with Gasteiger partial charge in [-0.3, -0.25) is 24.3 Å². The normalized spacial score (nSPS) is 35.8. The molecule has 6 aliphatic rings. The Hall–Kier alpha value is -1.22. The highest BCUT2D eigenvalue weighted by atomic mass is 16.5. The van der Waals surface area contributed by atoms with Crippen molar-refractivity contribution in [3.05, 3.63) is 0 Å². The molecule has 8 heteroatoms. The summed E-state index contributed by atoms with van der Waals surface area (Å²) >= 11 is 0. The van der Waals surface area contributed by atoms with Gasteiger partial charge in [-0.1, -0.05) is 7.43 Å². The van der Waals surface area contributed by atoms with Crippen LogP contribution in [0, 0.1) is 0 Å². The van der Waals surface area contributed by atoms with Crippen molar-refractivity contribution in [1.82, 2.24) is 14.7 Å². The van der Waals surface area contributed by atoms with Gasteiger partial charge in [0.15, 0.2) is 0 Å². The largest absolute Gasteiger partial charge is 0.462 e. The van der Waals surface area contributed by atoms with Crippen LogP contribution in [-0.2, 0) is 19.1 Å². The van der Waals surface area contributed by atoms with E-state index < -0.39 is 0 Å². The second-order valence-corrected chi connectivity index (χ2v) is 15.8. The Morgan fingerprint density at radius 1 is 0.605 bits per heavy atom. The van der Waals surface area contributed by atoms with E-state index in [1.54, 1.807) is 0 Å². The van der Waals surface area contributed by atoms with Crippen molar-refractivity contribution in [2.24, 2.45) is 0 Å². The average molecular weight is 608 g/mol. The molecule has 0 aromatic carbocycles. The van der Waals surface area contributed by atoms with Crippen molar-refractivity contribution >= 4 is 11.9 Å². The fourth-order valence-electron chi connectivity index (χ4n) is 9.50. The zero-order valence-corrected chi connectivity index (χ0v) is 28.0. The molecule has 0 amide bonds. The second-order valence-electron chi connectivity index (χ2n) is 15.8. The molecule has 6 heterocycles. The van der Waals surface area contributed by atoms with E-state index in [1.165, 1.54) is 72.0 Å². The molecule has 0 saturated carbocycles. The molecule has 6 saturated heterocycles. The minimum absolute atomic E-state index is 0. The highest BCUT2D eigenvalue weighted by Crippen LogP contribution is 2.40. The Balaban J connectivity index is 0.000000176. The van der Waals surface area contributed by atoms with Gasteiger partial charge in [-0.2, -0.15) is 0 Å². The lowest BCUT2D eigenvalue weighted by atomic mass is 9.85. The highest BCUT2D eigenvalue weighted by Gasteiger charge is 2.45. The van der Waals surface area contributed by atoms with Gasteiger partial charge in [-0.15, -0.1) is 0 Å². The second kappa shape index (κ2) is 14.5. The number of esters is 2. The number of carbonyl (C=O) groups is 2. The molecule has 0 radical (unpaired) electrons. The molecule has 0 spiro atoms. The van der Waals surface area contributed by atoms with E-state index in [0.717, 1.165) is 38.5 Å². The fourth-order valence-corrected chi connectivity index (χ4v) is 9.50. The van der Waals surface area contributed by atoms with Crippen LogP contribution in [-0.4, -0.2) is 104 Å². The third-order valence-corrected chi connectivity index (χ3v) is 10.9. The number of hydrogen-bond acceptors (Lipinski definition) is 8. The van der Waals surface area contributed by atoms with Crippen molar-refractivity contribution in [2.75, 3.05) is 19.6 Å². The van der Waals surface area contributed by atoms with Crippen LogP contribution >= 0.6 is 0 Å². The predicted molar refractivity (Wildman–Crippen MR) is 173 cm³/mol. The molecule has 0 aromatic heterocycles. The van der Waals surface area contributed by atoms with Gasteiger partial charge in [0.1, 0.15) is 12.2 Å². The Kier molecular flexibility index (Phi) is 12.2. The first kappa shape index (κ1) is 36.3. The van der Waals surface area contributed by atoms with E-state index >= 15 is 0 Å². The SMILES string of the molecule is C.CC(=O)O[C@@H]1C[C@H]2CCCN2C(C)(C)C1.CC(=O)O[C@H]1C[C@@H]2CCCN2C(C)(C)C1.CC1(C)CC(O)CC2CCCN21. The Bertz CT molecular complexity index is 882. The molecule has 0 aliphatic carbocycles. The van der Waals surface area contributed by atoms with E-state index in [4.69, 9.17) is 9.47 Å². The lowest BCUT2D eigenvalue weighted by Gasteiger charge is -2.47. The number of rotatable bonds is 2. The summed E-state index contributed by atoms with van der Waals surface area (Å²) in [6.45, 7) is 20.3. The summed E-state index contributed by atoms with van der Waals surface area (Å²) in [4.78, 5) is 29.7. The number of piperidine rings is 3. The quantitative estimate of drug-likeness (QED) is 0.387. The maximum absolute atomic E-state index is 11.0. The van der Waals surface area contributed by atoms with Crippen molar-refractivity contribution in [2.45, 2.75) is 193 Å². The molecule has 8 nitrogen and oxygen atoms in total. The molecule has 6 rings (SSSR count). The van der Waals surface area contributed by atoms with E-state index in [-0.39, 0.29) is 54.3 Å². The number of nitrogens with zero attached hydrogens (tertiary/aromatic N) is 3. The van der Waals surface area contributed by atoms with Gasteiger partial charge in [0, 0.05) is 74.3 Å². The van der Waals surface area contributed by atoms with Gasteiger partial charge >= 0.3 is 11.9 Å². The maximum atomic E-state index is 11.0. The van der Waals surface area contributed by atoms with Crippen LogP contribution < -0.4 is 0 Å². The molecular formula is C35H65N3O5. The lowest BCUT2D eigenvalue weighted by Crippen LogP contribution is -2.54. The summed E-state index contributed by atoms with van der Waals surface area (Å²) in [6.07, 6.45) is 13.9. The molecule has 6 aliphatic heterocycles. The topological polar surface area (TPSA) is 82.5 Å². The van der Waals surface area contributed by atoms with E-state index in [1.807, 2.05) is 0 Å². The van der Waals surface area contributed by atoms with Gasteiger partial charge in [0.25, 0.3) is 0 Å².